The number of fused-ring (bicyclic) bond motifs is 1. The predicted molar refractivity (Wildman–Crippen MR) is 124 cm³/mol. The average Bonchev–Trinajstić information content (AvgIpc) is 3.09. The molecule has 3 rings (SSSR count). The van der Waals surface area contributed by atoms with Crippen LogP contribution in [-0.2, 0) is 27.3 Å². The van der Waals surface area contributed by atoms with Gasteiger partial charge in [0.05, 0.1) is 37.5 Å². The van der Waals surface area contributed by atoms with Crippen molar-refractivity contribution in [3.63, 3.8) is 0 Å². The zero-order valence-corrected chi connectivity index (χ0v) is 19.5. The molecule has 0 spiro atoms. The zero-order chi connectivity index (χ0) is 23.1. The van der Waals surface area contributed by atoms with Crippen molar-refractivity contribution in [2.45, 2.75) is 26.8 Å². The minimum atomic E-state index is -0.285. The van der Waals surface area contributed by atoms with Gasteiger partial charge in [-0.2, -0.15) is 4.99 Å². The van der Waals surface area contributed by atoms with Gasteiger partial charge in [0.15, 0.2) is 4.80 Å². The summed E-state index contributed by atoms with van der Waals surface area (Å²) in [4.78, 5) is 29.2. The fraction of sp³-hybridized carbons (Fsp3) is 0.348. The van der Waals surface area contributed by atoms with Crippen molar-refractivity contribution in [3.8, 4) is 11.5 Å². The minimum Gasteiger partial charge on any atom is -0.497 e. The molecule has 0 aliphatic heterocycles. The van der Waals surface area contributed by atoms with E-state index >= 15 is 0 Å². The van der Waals surface area contributed by atoms with Crippen molar-refractivity contribution < 1.29 is 23.8 Å². The molecule has 2 aromatic carbocycles. The Morgan fingerprint density at radius 3 is 2.62 bits per heavy atom. The molecule has 32 heavy (non-hydrogen) atoms. The van der Waals surface area contributed by atoms with E-state index in [-0.39, 0.29) is 18.2 Å². The molecule has 0 atom stereocenters. The van der Waals surface area contributed by atoms with Crippen molar-refractivity contribution in [2.75, 3.05) is 32.8 Å². The van der Waals surface area contributed by atoms with Gasteiger partial charge in [-0.1, -0.05) is 17.4 Å². The number of nitrogens with zero attached hydrogens (tertiary/aromatic N) is 2. The molecule has 0 unspecified atom stereocenters. The number of hydrogen-bond donors (Lipinski definition) is 1. The lowest BCUT2D eigenvalue weighted by atomic mass is 10.1. The number of methoxy groups -OCH3 is 2. The molecule has 0 fully saturated rings. The summed E-state index contributed by atoms with van der Waals surface area (Å²) in [6.07, 6.45) is 0.101. The van der Waals surface area contributed by atoms with Crippen LogP contribution in [0.3, 0.4) is 0 Å². The van der Waals surface area contributed by atoms with Crippen LogP contribution in [0.5, 0.6) is 11.5 Å². The lowest BCUT2D eigenvalue weighted by Gasteiger charge is -2.09. The van der Waals surface area contributed by atoms with Crippen LogP contribution in [0.2, 0.25) is 0 Å². The fourth-order valence-electron chi connectivity index (χ4n) is 3.26. The molecule has 3 aromatic rings. The topological polar surface area (TPSA) is 91.2 Å². The Kier molecular flexibility index (Phi) is 8.02. The Hall–Kier alpha value is -3.17. The lowest BCUT2D eigenvalue weighted by Crippen LogP contribution is -2.20. The van der Waals surface area contributed by atoms with E-state index in [1.807, 2.05) is 29.7 Å². The van der Waals surface area contributed by atoms with E-state index in [2.05, 4.69) is 10.3 Å². The smallest absolute Gasteiger partial charge is 0.252 e. The number of benzene rings is 2. The van der Waals surface area contributed by atoms with Crippen molar-refractivity contribution in [1.29, 1.82) is 0 Å². The molecule has 0 saturated heterocycles. The standard InChI is InChI=1S/C23H27N3O5S/c1-5-31-11-10-26-19-9-7-17(24-15(2)27)13-21(19)32-23(26)25-22(28)12-16-6-8-18(29-3)14-20(16)30-4/h6-9,13-14H,5,10-12H2,1-4H3,(H,24,27). The van der Waals surface area contributed by atoms with Crippen molar-refractivity contribution in [1.82, 2.24) is 4.57 Å². The summed E-state index contributed by atoms with van der Waals surface area (Å²) in [7, 11) is 3.13. The maximum atomic E-state index is 12.8. The minimum absolute atomic E-state index is 0.101. The SMILES string of the molecule is CCOCCn1c(=NC(=O)Cc2ccc(OC)cc2OC)sc2cc(NC(C)=O)ccc21. The Morgan fingerprint density at radius 1 is 1.12 bits per heavy atom. The second-order valence-electron chi connectivity index (χ2n) is 6.96. The first-order valence-corrected chi connectivity index (χ1v) is 11.0. The number of rotatable bonds is 9. The monoisotopic (exact) mass is 457 g/mol. The molecule has 1 heterocycles. The van der Waals surface area contributed by atoms with Crippen molar-refractivity contribution in [2.24, 2.45) is 4.99 Å². The maximum absolute atomic E-state index is 12.8. The molecular formula is C23H27N3O5S. The first-order valence-electron chi connectivity index (χ1n) is 10.2. The number of amides is 2. The van der Waals surface area contributed by atoms with Crippen LogP contribution in [0.1, 0.15) is 19.4 Å². The van der Waals surface area contributed by atoms with Gasteiger partial charge in [0.25, 0.3) is 5.91 Å². The highest BCUT2D eigenvalue weighted by Gasteiger charge is 2.12. The van der Waals surface area contributed by atoms with Gasteiger partial charge in [0.2, 0.25) is 5.91 Å². The third-order valence-corrected chi connectivity index (χ3v) is 5.76. The molecule has 170 valence electrons. The van der Waals surface area contributed by atoms with Crippen LogP contribution < -0.4 is 19.6 Å². The first-order chi connectivity index (χ1) is 15.4. The van der Waals surface area contributed by atoms with Gasteiger partial charge in [-0.05, 0) is 31.2 Å². The highest BCUT2D eigenvalue weighted by molar-refractivity contribution is 7.16. The van der Waals surface area contributed by atoms with Crippen molar-refractivity contribution in [3.05, 3.63) is 46.8 Å². The summed E-state index contributed by atoms with van der Waals surface area (Å²) in [6, 6.07) is 11.0. The number of carbonyl (C=O) groups excluding carboxylic acids is 2. The summed E-state index contributed by atoms with van der Waals surface area (Å²) in [5.41, 5.74) is 2.36. The molecule has 8 nitrogen and oxygen atoms in total. The first kappa shape index (κ1) is 23.5. The normalized spacial score (nSPS) is 11.6. The van der Waals surface area contributed by atoms with Gasteiger partial charge in [-0.15, -0.1) is 0 Å². The molecule has 1 N–H and O–H groups in total. The number of hydrogen-bond acceptors (Lipinski definition) is 6. The molecule has 0 bridgehead atoms. The quantitative estimate of drug-likeness (QED) is 0.498. The summed E-state index contributed by atoms with van der Waals surface area (Å²) in [5, 5.41) is 2.79. The number of ether oxygens (including phenoxy) is 3. The lowest BCUT2D eigenvalue weighted by molar-refractivity contribution is -0.117. The third-order valence-electron chi connectivity index (χ3n) is 4.72. The molecule has 9 heteroatoms. The summed E-state index contributed by atoms with van der Waals surface area (Å²) < 4.78 is 19.0. The van der Waals surface area contributed by atoms with E-state index in [4.69, 9.17) is 14.2 Å². The van der Waals surface area contributed by atoms with E-state index < -0.39 is 0 Å². The summed E-state index contributed by atoms with van der Waals surface area (Å²) in [6.45, 7) is 5.08. The fourth-order valence-corrected chi connectivity index (χ4v) is 4.38. The predicted octanol–water partition coefficient (Wildman–Crippen LogP) is 3.38. The molecule has 1 aromatic heterocycles. The highest BCUT2D eigenvalue weighted by atomic mass is 32.1. The summed E-state index contributed by atoms with van der Waals surface area (Å²) >= 11 is 1.40. The Balaban J connectivity index is 1.96. The number of anilines is 1. The molecular weight excluding hydrogens is 430 g/mol. The van der Waals surface area contributed by atoms with Crippen LogP contribution in [0.25, 0.3) is 10.2 Å². The maximum Gasteiger partial charge on any atom is 0.252 e. The Bertz CT molecular complexity index is 1180. The molecule has 0 aliphatic rings. The number of nitrogens with one attached hydrogen (secondary N) is 1. The zero-order valence-electron chi connectivity index (χ0n) is 18.6. The van der Waals surface area contributed by atoms with Gasteiger partial charge >= 0.3 is 0 Å². The third kappa shape index (κ3) is 5.74. The Morgan fingerprint density at radius 2 is 1.94 bits per heavy atom. The van der Waals surface area contributed by atoms with E-state index in [0.717, 1.165) is 15.8 Å². The van der Waals surface area contributed by atoms with Crippen LogP contribution in [0, 0.1) is 0 Å². The van der Waals surface area contributed by atoms with E-state index in [1.165, 1.54) is 18.3 Å². The highest BCUT2D eigenvalue weighted by Crippen LogP contribution is 2.25. The van der Waals surface area contributed by atoms with Crippen LogP contribution in [-0.4, -0.2) is 43.8 Å². The molecule has 0 radical (unpaired) electrons. The molecule has 2 amide bonds. The van der Waals surface area contributed by atoms with E-state index in [9.17, 15) is 9.59 Å². The number of thiazole rings is 1. The van der Waals surface area contributed by atoms with Crippen molar-refractivity contribution >= 4 is 39.1 Å². The van der Waals surface area contributed by atoms with Crippen LogP contribution in [0.15, 0.2) is 41.4 Å². The van der Waals surface area contributed by atoms with Crippen LogP contribution in [0.4, 0.5) is 5.69 Å². The number of aromatic nitrogens is 1. The average molecular weight is 458 g/mol. The van der Waals surface area contributed by atoms with Gasteiger partial charge in [0, 0.05) is 37.4 Å². The van der Waals surface area contributed by atoms with Gasteiger partial charge < -0.3 is 24.1 Å². The van der Waals surface area contributed by atoms with E-state index in [0.29, 0.717) is 41.7 Å². The van der Waals surface area contributed by atoms with Crippen LogP contribution >= 0.6 is 11.3 Å². The molecule has 0 aliphatic carbocycles. The second kappa shape index (κ2) is 10.9. The Labute approximate surface area is 190 Å². The number of carbonyl (C=O) groups is 2. The van der Waals surface area contributed by atoms with Gasteiger partial charge in [-0.25, -0.2) is 0 Å². The van der Waals surface area contributed by atoms with Gasteiger partial charge in [0.1, 0.15) is 11.5 Å². The molecule has 0 saturated carbocycles. The van der Waals surface area contributed by atoms with E-state index in [1.54, 1.807) is 32.4 Å². The second-order valence-corrected chi connectivity index (χ2v) is 7.97. The largest absolute Gasteiger partial charge is 0.497 e. The van der Waals surface area contributed by atoms with Gasteiger partial charge in [-0.3, -0.25) is 9.59 Å². The summed E-state index contributed by atoms with van der Waals surface area (Å²) in [5.74, 6) is 0.808.